The fourth-order valence-corrected chi connectivity index (χ4v) is 0. The minimum absolute atomic E-state index is 0. The van der Waals surface area contributed by atoms with E-state index in [1.165, 1.54) is 0 Å². The Labute approximate surface area is 109 Å². The van der Waals surface area contributed by atoms with Crippen molar-refractivity contribution >= 4 is 20.8 Å². The monoisotopic (exact) mass is 420 g/mol. The van der Waals surface area contributed by atoms with Gasteiger partial charge in [0.1, 0.15) is 0 Å². The Bertz CT molecular complexity index is 211. The molecule has 0 aliphatic heterocycles. The van der Waals surface area contributed by atoms with E-state index in [-0.39, 0.29) is 54.6 Å². The van der Waals surface area contributed by atoms with Crippen molar-refractivity contribution in [1.29, 1.82) is 0 Å². The topological polar surface area (TPSA) is 161 Å². The van der Waals surface area contributed by atoms with Gasteiger partial charge in [-0.15, -0.1) is 0 Å². The van der Waals surface area contributed by atoms with Gasteiger partial charge < -0.3 is 18.2 Å². The predicted molar refractivity (Wildman–Crippen MR) is 20.9 cm³/mol. The summed E-state index contributed by atoms with van der Waals surface area (Å²) >= 11 is 0. The van der Waals surface area contributed by atoms with E-state index in [4.69, 9.17) is 35.0 Å². The first-order valence-electron chi connectivity index (χ1n) is 1.33. The van der Waals surface area contributed by atoms with Crippen molar-refractivity contribution in [2.45, 2.75) is 0 Å². The van der Waals surface area contributed by atoms with Crippen LogP contribution in [0.5, 0.6) is 0 Å². The molecule has 0 amide bonds. The van der Waals surface area contributed by atoms with Crippen molar-refractivity contribution in [3.63, 3.8) is 0 Å². The van der Waals surface area contributed by atoms with Gasteiger partial charge in [-0.3, -0.25) is 16.8 Å². The van der Waals surface area contributed by atoms with Crippen molar-refractivity contribution in [3.05, 3.63) is 0 Å². The van der Waals surface area contributed by atoms with E-state index in [0.29, 0.717) is 0 Å². The molecule has 0 fully saturated rings. The molecule has 12 heavy (non-hydrogen) atoms. The van der Waals surface area contributed by atoms with E-state index in [9.17, 15) is 0 Å². The first-order chi connectivity index (χ1) is 4.00. The molecule has 0 saturated heterocycles. The van der Waals surface area contributed by atoms with E-state index >= 15 is 0 Å². The summed E-state index contributed by atoms with van der Waals surface area (Å²) < 4.78 is 68.2. The maximum Gasteiger partial charge on any atom is 2.00 e. The second-order valence-corrected chi connectivity index (χ2v) is 2.45. The standard InChI is InChI=1S/2Cd.2H2O4S/c;;2*1-5(2,3)4/h;;2*(H2,1,2,3,4)/q2*+2;;/p-4. The van der Waals surface area contributed by atoms with E-state index in [2.05, 4.69) is 0 Å². The normalized spacial score (nSPS) is 9.67. The number of hydrogen-bond acceptors (Lipinski definition) is 8. The molecule has 64 valence electrons. The third-order valence-corrected chi connectivity index (χ3v) is 0. The first kappa shape index (κ1) is 23.4. The first-order valence-corrected chi connectivity index (χ1v) is 4.00. The van der Waals surface area contributed by atoms with Crippen molar-refractivity contribution in [1.82, 2.24) is 0 Å². The van der Waals surface area contributed by atoms with Crippen LogP contribution >= 0.6 is 0 Å². The summed E-state index contributed by atoms with van der Waals surface area (Å²) in [6, 6.07) is 0. The summed E-state index contributed by atoms with van der Waals surface area (Å²) in [6.07, 6.45) is 0. The summed E-state index contributed by atoms with van der Waals surface area (Å²) in [5, 5.41) is 0. The number of rotatable bonds is 0. The van der Waals surface area contributed by atoms with Gasteiger partial charge in [-0.25, -0.2) is 0 Å². The molecular weight excluding hydrogens is 417 g/mol. The van der Waals surface area contributed by atoms with Gasteiger partial charge >= 0.3 is 54.6 Å². The molecule has 0 saturated carbocycles. The van der Waals surface area contributed by atoms with Crippen LogP contribution in [0.2, 0.25) is 0 Å². The van der Waals surface area contributed by atoms with Crippen LogP contribution in [0.1, 0.15) is 0 Å². The van der Waals surface area contributed by atoms with Crippen LogP contribution in [0.25, 0.3) is 0 Å². The molecule has 0 spiro atoms. The molecule has 0 radical (unpaired) electrons. The molecule has 0 aromatic heterocycles. The third kappa shape index (κ3) is 517. The largest absolute Gasteiger partial charge is 2.00 e. The minimum atomic E-state index is -5.17. The predicted octanol–water partition coefficient (Wildman–Crippen LogP) is -2.68. The van der Waals surface area contributed by atoms with Gasteiger partial charge in [0.05, 0.1) is 0 Å². The van der Waals surface area contributed by atoms with Crippen molar-refractivity contribution in [2.24, 2.45) is 0 Å². The second-order valence-electron chi connectivity index (χ2n) is 0.816. The Morgan fingerprint density at radius 2 is 0.583 bits per heavy atom. The summed E-state index contributed by atoms with van der Waals surface area (Å²) in [5.74, 6) is 0. The molecule has 0 rings (SSSR count). The van der Waals surface area contributed by atoms with Crippen LogP contribution in [0, 0.1) is 0 Å². The van der Waals surface area contributed by atoms with E-state index in [0.717, 1.165) is 0 Å². The summed E-state index contributed by atoms with van der Waals surface area (Å²) in [7, 11) is -10.3. The molecule has 8 nitrogen and oxygen atoms in total. The molecule has 0 bridgehead atoms. The minimum Gasteiger partial charge on any atom is -0.759 e. The SMILES string of the molecule is O=S(=O)([O-])[O-].O=S(=O)([O-])[O-].[Cd+2].[Cd+2]. The van der Waals surface area contributed by atoms with Crippen molar-refractivity contribution < 1.29 is 89.6 Å². The van der Waals surface area contributed by atoms with Gasteiger partial charge in [-0.2, -0.15) is 0 Å². The average molecular weight is 417 g/mol. The van der Waals surface area contributed by atoms with Gasteiger partial charge in [0, 0.05) is 20.8 Å². The van der Waals surface area contributed by atoms with Gasteiger partial charge in [0.2, 0.25) is 0 Å². The number of hydrogen-bond donors (Lipinski definition) is 0. The van der Waals surface area contributed by atoms with Crippen LogP contribution < -0.4 is 0 Å². The second kappa shape index (κ2) is 9.15. The third-order valence-electron chi connectivity index (χ3n) is 0. The van der Waals surface area contributed by atoms with E-state index < -0.39 is 20.8 Å². The van der Waals surface area contributed by atoms with Gasteiger partial charge in [-0.1, -0.05) is 0 Å². The Kier molecular flexibility index (Phi) is 17.9. The van der Waals surface area contributed by atoms with Crippen LogP contribution in [0.15, 0.2) is 0 Å². The van der Waals surface area contributed by atoms with Gasteiger partial charge in [-0.05, 0) is 0 Å². The smallest absolute Gasteiger partial charge is 0.759 e. The average Bonchev–Trinajstić information content (AvgIpc) is 1.12. The summed E-state index contributed by atoms with van der Waals surface area (Å²) in [5.41, 5.74) is 0. The Morgan fingerprint density at radius 1 is 0.583 bits per heavy atom. The molecule has 0 aromatic carbocycles. The molecule has 0 unspecified atom stereocenters. The fraction of sp³-hybridized carbons (Fsp3) is 0. The Morgan fingerprint density at radius 3 is 0.583 bits per heavy atom. The molecule has 0 heterocycles. The molecule has 0 atom stereocenters. The molecule has 0 aromatic rings. The van der Waals surface area contributed by atoms with Crippen LogP contribution in [0.4, 0.5) is 0 Å². The fourth-order valence-electron chi connectivity index (χ4n) is 0. The zero-order valence-electron chi connectivity index (χ0n) is 5.50. The van der Waals surface area contributed by atoms with Crippen molar-refractivity contribution in [2.75, 3.05) is 0 Å². The quantitative estimate of drug-likeness (QED) is 0.234. The Balaban J connectivity index is -0.0000000457. The van der Waals surface area contributed by atoms with Gasteiger partial charge in [0.25, 0.3) is 0 Å². The maximum absolute atomic E-state index is 8.52. The van der Waals surface area contributed by atoms with Crippen molar-refractivity contribution in [3.8, 4) is 0 Å². The molecule has 12 heteroatoms. The zero-order chi connectivity index (χ0) is 9.00. The van der Waals surface area contributed by atoms with Crippen LogP contribution in [-0.4, -0.2) is 35.0 Å². The molecule has 0 aliphatic rings. The van der Waals surface area contributed by atoms with E-state index in [1.54, 1.807) is 0 Å². The van der Waals surface area contributed by atoms with Crippen LogP contribution in [-0.2, 0) is 75.4 Å². The molecular formula is Cd2O8S2. The van der Waals surface area contributed by atoms with E-state index in [1.807, 2.05) is 0 Å². The van der Waals surface area contributed by atoms with Gasteiger partial charge in [0.15, 0.2) is 0 Å². The zero-order valence-corrected chi connectivity index (χ0v) is 15.2. The maximum atomic E-state index is 8.52. The van der Waals surface area contributed by atoms with Crippen LogP contribution in [0.3, 0.4) is 0 Å². The summed E-state index contributed by atoms with van der Waals surface area (Å²) in [4.78, 5) is 0. The Hall–Kier alpha value is 1.58. The molecule has 0 aliphatic carbocycles. The summed E-state index contributed by atoms with van der Waals surface area (Å²) in [6.45, 7) is 0. The molecule has 0 N–H and O–H groups in total.